The largest absolute Gasteiger partial charge is 0.319 e. The number of hydrogen-bond donors (Lipinski definition) is 2. The van der Waals surface area contributed by atoms with Gasteiger partial charge in [-0.2, -0.15) is 0 Å². The van der Waals surface area contributed by atoms with Gasteiger partial charge >= 0.3 is 0 Å². The molecule has 0 aliphatic rings. The fourth-order valence-corrected chi connectivity index (χ4v) is 3.16. The van der Waals surface area contributed by atoms with Crippen molar-refractivity contribution < 1.29 is 9.72 Å². The molecule has 6 nitrogen and oxygen atoms in total. The Morgan fingerprint density at radius 3 is 2.10 bits per heavy atom. The van der Waals surface area contributed by atoms with Crippen LogP contribution in [-0.2, 0) is 4.79 Å². The number of amides is 1. The standard InChI is InChI=1S/C23H23N3O3/c1-16-13-14-20(21(15-16)26(28)29)25-23(27)22(19-11-7-4-8-12-19)24-17(2)18-9-5-3-6-10-18/h3-15,17,22,24H,1-2H3,(H,25,27)/t17-,22-/m0/s1. The van der Waals surface area contributed by atoms with E-state index in [0.29, 0.717) is 0 Å². The van der Waals surface area contributed by atoms with E-state index in [1.54, 1.807) is 19.1 Å². The van der Waals surface area contributed by atoms with Gasteiger partial charge in [0.1, 0.15) is 11.7 Å². The normalized spacial score (nSPS) is 12.8. The van der Waals surface area contributed by atoms with Crippen molar-refractivity contribution in [1.29, 1.82) is 0 Å². The smallest absolute Gasteiger partial charge is 0.293 e. The van der Waals surface area contributed by atoms with Crippen molar-refractivity contribution in [2.45, 2.75) is 25.9 Å². The van der Waals surface area contributed by atoms with Crippen LogP contribution >= 0.6 is 0 Å². The Labute approximate surface area is 169 Å². The number of rotatable bonds is 7. The second kappa shape index (κ2) is 9.12. The predicted octanol–water partition coefficient (Wildman–Crippen LogP) is 4.93. The average Bonchev–Trinajstić information content (AvgIpc) is 2.74. The lowest BCUT2D eigenvalue weighted by molar-refractivity contribution is -0.384. The third kappa shape index (κ3) is 5.06. The maximum absolute atomic E-state index is 13.1. The maximum atomic E-state index is 13.1. The van der Waals surface area contributed by atoms with Crippen molar-refractivity contribution >= 4 is 17.3 Å². The van der Waals surface area contributed by atoms with Gasteiger partial charge in [-0.05, 0) is 36.6 Å². The zero-order valence-corrected chi connectivity index (χ0v) is 16.3. The van der Waals surface area contributed by atoms with Crippen molar-refractivity contribution in [3.05, 3.63) is 106 Å². The van der Waals surface area contributed by atoms with Crippen LogP contribution in [0, 0.1) is 17.0 Å². The van der Waals surface area contributed by atoms with Crippen LogP contribution in [0.2, 0.25) is 0 Å². The Balaban J connectivity index is 1.89. The second-order valence-electron chi connectivity index (χ2n) is 6.91. The highest BCUT2D eigenvalue weighted by Crippen LogP contribution is 2.27. The number of benzene rings is 3. The number of nitro groups is 1. The fourth-order valence-electron chi connectivity index (χ4n) is 3.16. The monoisotopic (exact) mass is 389 g/mol. The third-order valence-corrected chi connectivity index (χ3v) is 4.72. The lowest BCUT2D eigenvalue weighted by Crippen LogP contribution is -2.34. The topological polar surface area (TPSA) is 84.3 Å². The highest BCUT2D eigenvalue weighted by atomic mass is 16.6. The number of nitro benzene ring substituents is 1. The van der Waals surface area contributed by atoms with E-state index in [4.69, 9.17) is 0 Å². The summed E-state index contributed by atoms with van der Waals surface area (Å²) in [7, 11) is 0. The Morgan fingerprint density at radius 1 is 0.931 bits per heavy atom. The quantitative estimate of drug-likeness (QED) is 0.443. The first-order valence-corrected chi connectivity index (χ1v) is 9.37. The number of carbonyl (C=O) groups excluding carboxylic acids is 1. The van der Waals surface area contributed by atoms with Crippen LogP contribution in [0.1, 0.15) is 35.7 Å². The Bertz CT molecular complexity index is 991. The molecule has 0 aliphatic carbocycles. The van der Waals surface area contributed by atoms with Crippen LogP contribution in [0.4, 0.5) is 11.4 Å². The summed E-state index contributed by atoms with van der Waals surface area (Å²) < 4.78 is 0. The number of nitrogens with zero attached hydrogens (tertiary/aromatic N) is 1. The minimum absolute atomic E-state index is 0.0971. The molecule has 3 aromatic rings. The van der Waals surface area contributed by atoms with Crippen LogP contribution in [0.15, 0.2) is 78.9 Å². The first-order chi connectivity index (χ1) is 14.0. The Hall–Kier alpha value is -3.51. The number of nitrogens with one attached hydrogen (secondary N) is 2. The summed E-state index contributed by atoms with van der Waals surface area (Å²) in [5.74, 6) is -0.356. The number of anilines is 1. The van der Waals surface area contributed by atoms with Gasteiger partial charge in [0.05, 0.1) is 4.92 Å². The summed E-state index contributed by atoms with van der Waals surface area (Å²) in [6, 6.07) is 23.1. The lowest BCUT2D eigenvalue weighted by atomic mass is 10.0. The van der Waals surface area contributed by atoms with Crippen LogP contribution in [0.5, 0.6) is 0 Å². The van der Waals surface area contributed by atoms with Gasteiger partial charge in [0.2, 0.25) is 5.91 Å². The van der Waals surface area contributed by atoms with E-state index in [1.165, 1.54) is 6.07 Å². The first-order valence-electron chi connectivity index (χ1n) is 9.37. The molecule has 148 valence electrons. The molecule has 6 heteroatoms. The number of hydrogen-bond acceptors (Lipinski definition) is 4. The van der Waals surface area contributed by atoms with E-state index in [1.807, 2.05) is 67.6 Å². The average molecular weight is 389 g/mol. The van der Waals surface area contributed by atoms with Crippen molar-refractivity contribution in [2.75, 3.05) is 5.32 Å². The fraction of sp³-hybridized carbons (Fsp3) is 0.174. The van der Waals surface area contributed by atoms with Crippen LogP contribution in [-0.4, -0.2) is 10.8 Å². The molecule has 0 fully saturated rings. The molecule has 0 heterocycles. The summed E-state index contributed by atoms with van der Waals surface area (Å²) in [4.78, 5) is 24.1. The lowest BCUT2D eigenvalue weighted by Gasteiger charge is -2.23. The van der Waals surface area contributed by atoms with Gasteiger partial charge in [-0.15, -0.1) is 0 Å². The third-order valence-electron chi connectivity index (χ3n) is 4.72. The molecular weight excluding hydrogens is 366 g/mol. The van der Waals surface area contributed by atoms with Crippen molar-refractivity contribution in [3.63, 3.8) is 0 Å². The Kier molecular flexibility index (Phi) is 6.36. The molecule has 0 radical (unpaired) electrons. The number of carbonyl (C=O) groups is 1. The molecular formula is C23H23N3O3. The molecule has 2 atom stereocenters. The van der Waals surface area contributed by atoms with Gasteiger partial charge in [-0.1, -0.05) is 66.7 Å². The summed E-state index contributed by atoms with van der Waals surface area (Å²) in [5, 5.41) is 17.5. The van der Waals surface area contributed by atoms with Gasteiger partial charge in [0.15, 0.2) is 0 Å². The minimum Gasteiger partial charge on any atom is -0.319 e. The van der Waals surface area contributed by atoms with E-state index in [9.17, 15) is 14.9 Å². The molecule has 1 amide bonds. The summed E-state index contributed by atoms with van der Waals surface area (Å²) >= 11 is 0. The van der Waals surface area contributed by atoms with Gasteiger partial charge in [0.25, 0.3) is 5.69 Å². The van der Waals surface area contributed by atoms with Crippen molar-refractivity contribution in [1.82, 2.24) is 5.32 Å². The van der Waals surface area contributed by atoms with E-state index in [2.05, 4.69) is 10.6 Å². The summed E-state index contributed by atoms with van der Waals surface area (Å²) in [5.41, 5.74) is 2.64. The first kappa shape index (κ1) is 20.2. The summed E-state index contributed by atoms with van der Waals surface area (Å²) in [6.07, 6.45) is 0. The van der Waals surface area contributed by atoms with Gasteiger partial charge < -0.3 is 5.32 Å². The second-order valence-corrected chi connectivity index (χ2v) is 6.91. The van der Waals surface area contributed by atoms with E-state index in [0.717, 1.165) is 16.7 Å². The molecule has 0 aliphatic heterocycles. The molecule has 3 rings (SSSR count). The van der Waals surface area contributed by atoms with Crippen molar-refractivity contribution in [2.24, 2.45) is 0 Å². The molecule has 29 heavy (non-hydrogen) atoms. The molecule has 0 aromatic heterocycles. The molecule has 0 spiro atoms. The van der Waals surface area contributed by atoms with Crippen LogP contribution in [0.25, 0.3) is 0 Å². The van der Waals surface area contributed by atoms with Gasteiger partial charge in [-0.25, -0.2) is 0 Å². The summed E-state index contributed by atoms with van der Waals surface area (Å²) in [6.45, 7) is 3.75. The van der Waals surface area contributed by atoms with E-state index in [-0.39, 0.29) is 23.3 Å². The van der Waals surface area contributed by atoms with Crippen LogP contribution in [0.3, 0.4) is 0 Å². The van der Waals surface area contributed by atoms with E-state index < -0.39 is 11.0 Å². The predicted molar refractivity (Wildman–Crippen MR) is 114 cm³/mol. The molecule has 2 N–H and O–H groups in total. The molecule has 3 aromatic carbocycles. The van der Waals surface area contributed by atoms with Crippen LogP contribution < -0.4 is 10.6 Å². The number of aryl methyl sites for hydroxylation is 1. The minimum atomic E-state index is -0.674. The SMILES string of the molecule is Cc1ccc(NC(=O)[C@@H](N[C@@H](C)c2ccccc2)c2ccccc2)c([N+](=O)[O-])c1. The van der Waals surface area contributed by atoms with E-state index >= 15 is 0 Å². The zero-order valence-electron chi connectivity index (χ0n) is 16.3. The highest BCUT2D eigenvalue weighted by Gasteiger charge is 2.25. The maximum Gasteiger partial charge on any atom is 0.293 e. The Morgan fingerprint density at radius 2 is 1.52 bits per heavy atom. The van der Waals surface area contributed by atoms with Gasteiger partial charge in [0, 0.05) is 12.1 Å². The highest BCUT2D eigenvalue weighted by molar-refractivity contribution is 5.97. The molecule has 0 saturated heterocycles. The molecule has 0 unspecified atom stereocenters. The zero-order chi connectivity index (χ0) is 20.8. The van der Waals surface area contributed by atoms with Gasteiger partial charge in [-0.3, -0.25) is 20.2 Å². The molecule has 0 saturated carbocycles. The molecule has 0 bridgehead atoms. The van der Waals surface area contributed by atoms with Crippen molar-refractivity contribution in [3.8, 4) is 0 Å².